The second-order valence-electron chi connectivity index (χ2n) is 12.1. The molecule has 0 saturated carbocycles. The first kappa shape index (κ1) is 28.6. The van der Waals surface area contributed by atoms with Crippen LogP contribution in [0.3, 0.4) is 0 Å². The summed E-state index contributed by atoms with van der Waals surface area (Å²) in [6.07, 6.45) is 4.38. The highest BCUT2D eigenvalue weighted by Gasteiger charge is 2.57. The van der Waals surface area contributed by atoms with Gasteiger partial charge in [-0.1, -0.05) is 60.7 Å². The number of carbonyl (C=O) groups excluding carboxylic acids is 1. The van der Waals surface area contributed by atoms with Crippen LogP contribution < -0.4 is 0 Å². The highest BCUT2D eigenvalue weighted by atomic mass is 16.7. The van der Waals surface area contributed by atoms with E-state index in [2.05, 4.69) is 74.5 Å². The van der Waals surface area contributed by atoms with Crippen molar-refractivity contribution in [2.45, 2.75) is 108 Å². The Labute approximate surface area is 228 Å². The van der Waals surface area contributed by atoms with E-state index in [9.17, 15) is 4.79 Å². The lowest BCUT2D eigenvalue weighted by Gasteiger charge is -2.27. The van der Waals surface area contributed by atoms with Gasteiger partial charge in [-0.3, -0.25) is 0 Å². The molecule has 0 N–H and O–H groups in total. The molecule has 4 rings (SSSR count). The maximum Gasteiger partial charge on any atom is 0.508 e. The Morgan fingerprint density at radius 2 is 1.45 bits per heavy atom. The molecule has 2 aliphatic rings. The zero-order valence-electron chi connectivity index (χ0n) is 23.8. The smallest absolute Gasteiger partial charge is 0.431 e. The van der Waals surface area contributed by atoms with Crippen LogP contribution in [-0.4, -0.2) is 55.0 Å². The molecule has 6 heteroatoms. The third kappa shape index (κ3) is 7.58. The number of rotatable bonds is 13. The molecule has 5 atom stereocenters. The number of ether oxygens (including phenoxy) is 5. The lowest BCUT2D eigenvalue weighted by atomic mass is 9.83. The van der Waals surface area contributed by atoms with Crippen LogP contribution >= 0.6 is 0 Å². The van der Waals surface area contributed by atoms with Gasteiger partial charge in [0.05, 0.1) is 23.4 Å². The van der Waals surface area contributed by atoms with Crippen molar-refractivity contribution in [3.8, 4) is 0 Å². The zero-order chi connectivity index (χ0) is 27.4. The highest BCUT2D eigenvalue weighted by molar-refractivity contribution is 5.60. The van der Waals surface area contributed by atoms with Gasteiger partial charge in [-0.15, -0.1) is 0 Å². The van der Waals surface area contributed by atoms with Crippen molar-refractivity contribution in [1.82, 2.24) is 0 Å². The summed E-state index contributed by atoms with van der Waals surface area (Å²) in [5, 5.41) is 0. The van der Waals surface area contributed by atoms with E-state index in [4.69, 9.17) is 23.7 Å². The summed E-state index contributed by atoms with van der Waals surface area (Å²) < 4.78 is 28.5. The van der Waals surface area contributed by atoms with Crippen molar-refractivity contribution in [3.63, 3.8) is 0 Å². The molecule has 2 aromatic carbocycles. The summed E-state index contributed by atoms with van der Waals surface area (Å²) in [5.74, 6) is 0.193. The van der Waals surface area contributed by atoms with Gasteiger partial charge in [0.15, 0.2) is 0 Å². The second-order valence-corrected chi connectivity index (χ2v) is 12.1. The lowest BCUT2D eigenvalue weighted by molar-refractivity contribution is -0.00949. The minimum absolute atomic E-state index is 0.0876. The molecular formula is C32H44O6. The molecule has 6 nitrogen and oxygen atoms in total. The number of epoxide rings is 2. The first-order valence-electron chi connectivity index (χ1n) is 13.9. The van der Waals surface area contributed by atoms with E-state index in [1.54, 1.807) is 0 Å². The average Bonchev–Trinajstić information content (AvgIpc) is 3.75. The molecule has 0 aromatic heterocycles. The maximum atomic E-state index is 11.8. The van der Waals surface area contributed by atoms with Crippen molar-refractivity contribution in [3.05, 3.63) is 71.8 Å². The van der Waals surface area contributed by atoms with Crippen LogP contribution in [0.2, 0.25) is 0 Å². The highest BCUT2D eigenvalue weighted by Crippen LogP contribution is 2.48. The van der Waals surface area contributed by atoms with Crippen molar-refractivity contribution in [1.29, 1.82) is 0 Å². The van der Waals surface area contributed by atoms with E-state index in [1.165, 1.54) is 11.1 Å². The molecule has 2 aromatic rings. The van der Waals surface area contributed by atoms with Crippen molar-refractivity contribution in [2.75, 3.05) is 13.7 Å². The quantitative estimate of drug-likeness (QED) is 0.207. The standard InChI is InChI=1S/C32H44O6/c1-30(2,3)38-29(33)35-22-27-32(5,37-27)21-19-26-31(4,36-26)20-13-18-25(34-6)28(23-14-9-7-10-15-23)24-16-11-8-12-17-24/h7-12,14-17,25-28H,13,18-22H2,1-6H3/t25?,26-,27-,31-,32-/m1/s1. The van der Waals surface area contributed by atoms with Gasteiger partial charge in [-0.05, 0) is 77.8 Å². The van der Waals surface area contributed by atoms with Crippen molar-refractivity contribution in [2.24, 2.45) is 0 Å². The Morgan fingerprint density at radius 1 is 0.895 bits per heavy atom. The van der Waals surface area contributed by atoms with Crippen molar-refractivity contribution >= 4 is 6.16 Å². The lowest BCUT2D eigenvalue weighted by Crippen LogP contribution is -2.26. The summed E-state index contributed by atoms with van der Waals surface area (Å²) in [5.41, 5.74) is 1.63. The number of carbonyl (C=O) groups is 1. The number of hydrogen-bond donors (Lipinski definition) is 0. The maximum absolute atomic E-state index is 11.8. The Hall–Kier alpha value is -2.41. The third-order valence-corrected chi connectivity index (χ3v) is 7.87. The molecule has 2 heterocycles. The number of methoxy groups -OCH3 is 1. The fourth-order valence-corrected chi connectivity index (χ4v) is 5.45. The summed E-state index contributed by atoms with van der Waals surface area (Å²) in [4.78, 5) is 11.8. The van der Waals surface area contributed by atoms with Gasteiger partial charge in [0.2, 0.25) is 0 Å². The average molecular weight is 525 g/mol. The largest absolute Gasteiger partial charge is 0.508 e. The molecule has 2 saturated heterocycles. The SMILES string of the molecule is COC(CCC[C@@]1(C)O[C@@H]1CC[C@@]1(C)O[C@@H]1COC(=O)OC(C)(C)C)C(c1ccccc1)c1ccccc1. The first-order valence-corrected chi connectivity index (χ1v) is 13.9. The minimum atomic E-state index is -0.649. The summed E-state index contributed by atoms with van der Waals surface area (Å²) in [6.45, 7) is 9.96. The predicted molar refractivity (Wildman–Crippen MR) is 147 cm³/mol. The van der Waals surface area contributed by atoms with Gasteiger partial charge < -0.3 is 23.7 Å². The zero-order valence-corrected chi connectivity index (χ0v) is 23.8. The van der Waals surface area contributed by atoms with Crippen LogP contribution in [0.1, 0.15) is 83.8 Å². The number of hydrogen-bond acceptors (Lipinski definition) is 6. The molecule has 0 aliphatic carbocycles. The van der Waals surface area contributed by atoms with E-state index in [1.807, 2.05) is 27.9 Å². The molecule has 38 heavy (non-hydrogen) atoms. The number of benzene rings is 2. The normalized spacial score (nSPS) is 27.1. The van der Waals surface area contributed by atoms with E-state index in [-0.39, 0.29) is 42.0 Å². The Bertz CT molecular complexity index is 995. The summed E-state index contributed by atoms with van der Waals surface area (Å²) in [6, 6.07) is 21.3. The fraction of sp³-hybridized carbons (Fsp3) is 0.594. The summed E-state index contributed by atoms with van der Waals surface area (Å²) in [7, 11) is 1.82. The van der Waals surface area contributed by atoms with Gasteiger partial charge in [-0.2, -0.15) is 0 Å². The second kappa shape index (κ2) is 11.8. The predicted octanol–water partition coefficient (Wildman–Crippen LogP) is 7.05. The molecule has 0 amide bonds. The molecule has 208 valence electrons. The first-order chi connectivity index (χ1) is 18.0. The van der Waals surface area contributed by atoms with Crippen LogP contribution in [0.15, 0.2) is 60.7 Å². The van der Waals surface area contributed by atoms with Gasteiger partial charge in [-0.25, -0.2) is 4.79 Å². The van der Waals surface area contributed by atoms with Crippen LogP contribution in [0, 0.1) is 0 Å². The van der Waals surface area contributed by atoms with Gasteiger partial charge in [0, 0.05) is 13.0 Å². The Kier molecular flexibility index (Phi) is 8.85. The van der Waals surface area contributed by atoms with E-state index in [0.29, 0.717) is 0 Å². The molecule has 2 fully saturated rings. The van der Waals surface area contributed by atoms with Gasteiger partial charge in [0.1, 0.15) is 18.3 Å². The van der Waals surface area contributed by atoms with Gasteiger partial charge in [0.25, 0.3) is 0 Å². The van der Waals surface area contributed by atoms with Crippen LogP contribution in [0.4, 0.5) is 4.79 Å². The molecular weight excluding hydrogens is 480 g/mol. The molecule has 1 unspecified atom stereocenters. The minimum Gasteiger partial charge on any atom is -0.431 e. The Morgan fingerprint density at radius 3 is 2.00 bits per heavy atom. The molecule has 0 radical (unpaired) electrons. The summed E-state index contributed by atoms with van der Waals surface area (Å²) >= 11 is 0. The topological polar surface area (TPSA) is 69.8 Å². The van der Waals surface area contributed by atoms with E-state index >= 15 is 0 Å². The third-order valence-electron chi connectivity index (χ3n) is 7.87. The Balaban J connectivity index is 1.22. The van der Waals surface area contributed by atoms with Crippen LogP contribution in [-0.2, 0) is 23.7 Å². The van der Waals surface area contributed by atoms with Gasteiger partial charge >= 0.3 is 6.16 Å². The monoisotopic (exact) mass is 524 g/mol. The molecule has 2 aliphatic heterocycles. The van der Waals surface area contributed by atoms with Crippen LogP contribution in [0.5, 0.6) is 0 Å². The van der Waals surface area contributed by atoms with Crippen LogP contribution in [0.25, 0.3) is 0 Å². The van der Waals surface area contributed by atoms with Crippen molar-refractivity contribution < 1.29 is 28.5 Å². The fourth-order valence-electron chi connectivity index (χ4n) is 5.45. The van der Waals surface area contributed by atoms with E-state index < -0.39 is 11.8 Å². The van der Waals surface area contributed by atoms with E-state index in [0.717, 1.165) is 32.1 Å². The molecule has 0 spiro atoms. The molecule has 0 bridgehead atoms.